The normalized spacial score (nSPS) is 19.9. The SMILES string of the molecule is CC(C(N)Cc1ccc(F)cc1)C1CC1. The van der Waals surface area contributed by atoms with Gasteiger partial charge in [-0.25, -0.2) is 4.39 Å². The van der Waals surface area contributed by atoms with Crippen molar-refractivity contribution in [2.24, 2.45) is 17.6 Å². The first-order valence-electron chi connectivity index (χ1n) is 5.67. The van der Waals surface area contributed by atoms with Gasteiger partial charge in [0, 0.05) is 6.04 Å². The summed E-state index contributed by atoms with van der Waals surface area (Å²) < 4.78 is 12.7. The van der Waals surface area contributed by atoms with Crippen LogP contribution in [-0.4, -0.2) is 6.04 Å². The molecule has 2 atom stereocenters. The van der Waals surface area contributed by atoms with Gasteiger partial charge in [-0.3, -0.25) is 0 Å². The highest BCUT2D eigenvalue weighted by atomic mass is 19.1. The monoisotopic (exact) mass is 207 g/mol. The van der Waals surface area contributed by atoms with Gasteiger partial charge in [0.05, 0.1) is 0 Å². The Labute approximate surface area is 90.5 Å². The average molecular weight is 207 g/mol. The number of rotatable bonds is 4. The molecule has 1 saturated carbocycles. The van der Waals surface area contributed by atoms with Crippen LogP contribution in [0.5, 0.6) is 0 Å². The highest BCUT2D eigenvalue weighted by Gasteiger charge is 2.31. The number of hydrogen-bond acceptors (Lipinski definition) is 1. The Kier molecular flexibility index (Phi) is 3.06. The molecule has 1 aromatic rings. The van der Waals surface area contributed by atoms with Gasteiger partial charge in [0.1, 0.15) is 5.82 Å². The van der Waals surface area contributed by atoms with Crippen LogP contribution in [0.1, 0.15) is 25.3 Å². The molecule has 82 valence electrons. The van der Waals surface area contributed by atoms with Gasteiger partial charge in [-0.15, -0.1) is 0 Å². The lowest BCUT2D eigenvalue weighted by Gasteiger charge is -2.19. The summed E-state index contributed by atoms with van der Waals surface area (Å²) in [7, 11) is 0. The molecule has 0 aliphatic heterocycles. The van der Waals surface area contributed by atoms with E-state index in [9.17, 15) is 4.39 Å². The maximum Gasteiger partial charge on any atom is 0.123 e. The van der Waals surface area contributed by atoms with Crippen molar-refractivity contribution < 1.29 is 4.39 Å². The van der Waals surface area contributed by atoms with Crippen LogP contribution in [-0.2, 0) is 6.42 Å². The van der Waals surface area contributed by atoms with Crippen LogP contribution < -0.4 is 5.73 Å². The molecule has 15 heavy (non-hydrogen) atoms. The summed E-state index contributed by atoms with van der Waals surface area (Å²) in [6, 6.07) is 6.88. The van der Waals surface area contributed by atoms with Gasteiger partial charge in [-0.1, -0.05) is 19.1 Å². The lowest BCUT2D eigenvalue weighted by Crippen LogP contribution is -2.31. The molecule has 0 amide bonds. The first-order valence-corrected chi connectivity index (χ1v) is 5.67. The van der Waals surface area contributed by atoms with Gasteiger partial charge in [-0.05, 0) is 48.8 Å². The summed E-state index contributed by atoms with van der Waals surface area (Å²) in [6.45, 7) is 2.23. The third-order valence-electron chi connectivity index (χ3n) is 3.43. The van der Waals surface area contributed by atoms with Gasteiger partial charge < -0.3 is 5.73 Å². The molecule has 0 radical (unpaired) electrons. The number of halogens is 1. The van der Waals surface area contributed by atoms with Gasteiger partial charge >= 0.3 is 0 Å². The Hall–Kier alpha value is -0.890. The van der Waals surface area contributed by atoms with Crippen LogP contribution in [0.25, 0.3) is 0 Å². The van der Waals surface area contributed by atoms with Crippen LogP contribution >= 0.6 is 0 Å². The zero-order valence-corrected chi connectivity index (χ0v) is 9.12. The van der Waals surface area contributed by atoms with Crippen molar-refractivity contribution in [1.29, 1.82) is 0 Å². The molecule has 0 bridgehead atoms. The van der Waals surface area contributed by atoms with Crippen LogP contribution in [0.4, 0.5) is 4.39 Å². The fraction of sp³-hybridized carbons (Fsp3) is 0.538. The molecule has 0 aromatic heterocycles. The standard InChI is InChI=1S/C13H18FN/c1-9(11-4-5-11)13(15)8-10-2-6-12(14)7-3-10/h2-3,6-7,9,11,13H,4-5,8,15H2,1H3. The molecule has 1 aliphatic carbocycles. The summed E-state index contributed by atoms with van der Waals surface area (Å²) in [5, 5.41) is 0. The molecule has 2 unspecified atom stereocenters. The van der Waals surface area contributed by atoms with Crippen LogP contribution in [0.15, 0.2) is 24.3 Å². The molecule has 2 N–H and O–H groups in total. The highest BCUT2D eigenvalue weighted by molar-refractivity contribution is 5.17. The van der Waals surface area contributed by atoms with Crippen LogP contribution in [0.2, 0.25) is 0 Å². The predicted molar refractivity (Wildman–Crippen MR) is 60.0 cm³/mol. The predicted octanol–water partition coefficient (Wildman–Crippen LogP) is 2.74. The number of benzene rings is 1. The van der Waals surface area contributed by atoms with Gasteiger partial charge in [0.25, 0.3) is 0 Å². The largest absolute Gasteiger partial charge is 0.327 e. The Balaban J connectivity index is 1.92. The molecular formula is C13H18FN. The molecule has 1 aromatic carbocycles. The van der Waals surface area contributed by atoms with E-state index in [1.165, 1.54) is 25.0 Å². The second kappa shape index (κ2) is 4.31. The number of nitrogens with two attached hydrogens (primary N) is 1. The van der Waals surface area contributed by atoms with Crippen molar-refractivity contribution in [2.75, 3.05) is 0 Å². The molecule has 1 fully saturated rings. The zero-order chi connectivity index (χ0) is 10.8. The molecule has 2 rings (SSSR count). The molecule has 1 nitrogen and oxygen atoms in total. The van der Waals surface area contributed by atoms with Gasteiger partial charge in [0.2, 0.25) is 0 Å². The van der Waals surface area contributed by atoms with Crippen molar-refractivity contribution >= 4 is 0 Å². The van der Waals surface area contributed by atoms with E-state index < -0.39 is 0 Å². The third kappa shape index (κ3) is 2.78. The van der Waals surface area contributed by atoms with E-state index in [2.05, 4.69) is 6.92 Å². The third-order valence-corrected chi connectivity index (χ3v) is 3.43. The minimum Gasteiger partial charge on any atom is -0.327 e. The summed E-state index contributed by atoms with van der Waals surface area (Å²) in [5.74, 6) is 1.25. The Morgan fingerprint density at radius 1 is 1.33 bits per heavy atom. The highest BCUT2D eigenvalue weighted by Crippen LogP contribution is 2.38. The summed E-state index contributed by atoms with van der Waals surface area (Å²) >= 11 is 0. The molecule has 0 heterocycles. The average Bonchev–Trinajstić information content (AvgIpc) is 3.04. The van der Waals surface area contributed by atoms with Crippen molar-refractivity contribution in [1.82, 2.24) is 0 Å². The lowest BCUT2D eigenvalue weighted by atomic mass is 9.92. The van der Waals surface area contributed by atoms with Crippen LogP contribution in [0.3, 0.4) is 0 Å². The van der Waals surface area contributed by atoms with Crippen molar-refractivity contribution in [3.63, 3.8) is 0 Å². The molecule has 2 heteroatoms. The Bertz CT molecular complexity index is 316. The summed E-state index contributed by atoms with van der Waals surface area (Å²) in [5.41, 5.74) is 7.27. The van der Waals surface area contributed by atoms with Gasteiger partial charge in [-0.2, -0.15) is 0 Å². The minimum atomic E-state index is -0.178. The van der Waals surface area contributed by atoms with E-state index in [1.54, 1.807) is 0 Å². The smallest absolute Gasteiger partial charge is 0.123 e. The van der Waals surface area contributed by atoms with Gasteiger partial charge in [0.15, 0.2) is 0 Å². The van der Waals surface area contributed by atoms with E-state index in [-0.39, 0.29) is 11.9 Å². The molecular weight excluding hydrogens is 189 g/mol. The Morgan fingerprint density at radius 2 is 1.93 bits per heavy atom. The second-order valence-corrected chi connectivity index (χ2v) is 4.69. The molecule has 0 saturated heterocycles. The molecule has 1 aliphatic rings. The van der Waals surface area contributed by atoms with E-state index in [0.717, 1.165) is 17.9 Å². The van der Waals surface area contributed by atoms with Crippen molar-refractivity contribution in [2.45, 2.75) is 32.2 Å². The maximum atomic E-state index is 12.7. The fourth-order valence-electron chi connectivity index (χ4n) is 2.05. The van der Waals surface area contributed by atoms with E-state index in [4.69, 9.17) is 5.73 Å². The topological polar surface area (TPSA) is 26.0 Å². The maximum absolute atomic E-state index is 12.7. The van der Waals surface area contributed by atoms with E-state index in [1.807, 2.05) is 12.1 Å². The first kappa shape index (κ1) is 10.6. The minimum absolute atomic E-state index is 0.178. The summed E-state index contributed by atoms with van der Waals surface area (Å²) in [4.78, 5) is 0. The molecule has 0 spiro atoms. The first-order chi connectivity index (χ1) is 7.16. The van der Waals surface area contributed by atoms with Crippen LogP contribution in [0, 0.1) is 17.7 Å². The van der Waals surface area contributed by atoms with E-state index in [0.29, 0.717) is 5.92 Å². The quantitative estimate of drug-likeness (QED) is 0.807. The second-order valence-electron chi connectivity index (χ2n) is 4.69. The number of hydrogen-bond donors (Lipinski definition) is 1. The van der Waals surface area contributed by atoms with Crippen molar-refractivity contribution in [3.05, 3.63) is 35.6 Å². The Morgan fingerprint density at radius 3 is 2.47 bits per heavy atom. The summed E-state index contributed by atoms with van der Waals surface area (Å²) in [6.07, 6.45) is 3.52. The van der Waals surface area contributed by atoms with Crippen molar-refractivity contribution in [3.8, 4) is 0 Å². The van der Waals surface area contributed by atoms with E-state index >= 15 is 0 Å². The lowest BCUT2D eigenvalue weighted by molar-refractivity contribution is 0.404. The zero-order valence-electron chi connectivity index (χ0n) is 9.12. The fourth-order valence-corrected chi connectivity index (χ4v) is 2.05.